The minimum atomic E-state index is -3.65. The molecule has 0 bridgehead atoms. The molecule has 5 heteroatoms. The molecule has 0 heterocycles. The van der Waals surface area contributed by atoms with Crippen LogP contribution in [0.1, 0.15) is 24.9 Å². The Kier molecular flexibility index (Phi) is 4.52. The third kappa shape index (κ3) is 3.43. The van der Waals surface area contributed by atoms with Crippen LogP contribution in [0.15, 0.2) is 59.5 Å². The summed E-state index contributed by atoms with van der Waals surface area (Å²) in [4.78, 5) is 0.0632. The van der Waals surface area contributed by atoms with E-state index in [1.54, 1.807) is 0 Å². The predicted octanol–water partition coefficient (Wildman–Crippen LogP) is 3.26. The second-order valence-corrected chi connectivity index (χ2v) is 6.16. The van der Waals surface area contributed by atoms with E-state index < -0.39 is 15.8 Å². The molecule has 2 aromatic rings. The number of sulfonamides is 1. The lowest BCUT2D eigenvalue weighted by Gasteiger charge is -2.17. The Bertz CT molecular complexity index is 654. The summed E-state index contributed by atoms with van der Waals surface area (Å²) < 4.78 is 40.0. The molecule has 3 nitrogen and oxygen atoms in total. The van der Waals surface area contributed by atoms with Crippen molar-refractivity contribution in [1.29, 1.82) is 0 Å². The van der Waals surface area contributed by atoms with E-state index in [4.69, 9.17) is 0 Å². The second-order valence-electron chi connectivity index (χ2n) is 4.45. The Labute approximate surface area is 118 Å². The Morgan fingerprint density at radius 2 is 1.65 bits per heavy atom. The molecule has 0 radical (unpaired) electrons. The van der Waals surface area contributed by atoms with Gasteiger partial charge in [-0.15, -0.1) is 0 Å². The van der Waals surface area contributed by atoms with Crippen LogP contribution in [-0.2, 0) is 10.0 Å². The van der Waals surface area contributed by atoms with Crippen molar-refractivity contribution in [3.05, 3.63) is 66.0 Å². The predicted molar refractivity (Wildman–Crippen MR) is 76.2 cm³/mol. The van der Waals surface area contributed by atoms with E-state index >= 15 is 0 Å². The molecule has 0 unspecified atom stereocenters. The van der Waals surface area contributed by atoms with Crippen molar-refractivity contribution in [2.45, 2.75) is 24.3 Å². The lowest BCUT2D eigenvalue weighted by Crippen LogP contribution is -2.28. The standard InChI is InChI=1S/C15H16FNO2S/c1-2-15(12-6-4-3-5-7-12)17-20(18,19)14-10-8-13(16)9-11-14/h3-11,15,17H,2H2,1H3/t15-/m0/s1. The summed E-state index contributed by atoms with van der Waals surface area (Å²) in [7, 11) is -3.65. The van der Waals surface area contributed by atoms with Crippen LogP contribution in [0.5, 0.6) is 0 Å². The minimum Gasteiger partial charge on any atom is -0.207 e. The zero-order chi connectivity index (χ0) is 14.6. The molecule has 20 heavy (non-hydrogen) atoms. The van der Waals surface area contributed by atoms with Crippen LogP contribution in [-0.4, -0.2) is 8.42 Å². The third-order valence-electron chi connectivity index (χ3n) is 3.03. The molecule has 0 spiro atoms. The number of nitrogens with one attached hydrogen (secondary N) is 1. The normalized spacial score (nSPS) is 13.1. The molecular weight excluding hydrogens is 277 g/mol. The average molecular weight is 293 g/mol. The van der Waals surface area contributed by atoms with Gasteiger partial charge in [0.1, 0.15) is 5.82 Å². The molecule has 2 aromatic carbocycles. The summed E-state index contributed by atoms with van der Waals surface area (Å²) in [6.45, 7) is 1.91. The number of benzene rings is 2. The number of halogens is 1. The molecule has 0 saturated heterocycles. The Hall–Kier alpha value is -1.72. The highest BCUT2D eigenvalue weighted by Gasteiger charge is 2.19. The first-order valence-corrected chi connectivity index (χ1v) is 7.84. The lowest BCUT2D eigenvalue weighted by molar-refractivity contribution is 0.549. The van der Waals surface area contributed by atoms with Gasteiger partial charge in [-0.1, -0.05) is 37.3 Å². The van der Waals surface area contributed by atoms with Gasteiger partial charge in [-0.05, 0) is 36.2 Å². The quantitative estimate of drug-likeness (QED) is 0.919. The first kappa shape index (κ1) is 14.7. The van der Waals surface area contributed by atoms with Gasteiger partial charge in [-0.3, -0.25) is 0 Å². The van der Waals surface area contributed by atoms with E-state index in [0.29, 0.717) is 6.42 Å². The van der Waals surface area contributed by atoms with Crippen molar-refractivity contribution in [2.75, 3.05) is 0 Å². The fourth-order valence-electron chi connectivity index (χ4n) is 1.94. The maximum Gasteiger partial charge on any atom is 0.241 e. The van der Waals surface area contributed by atoms with Gasteiger partial charge in [0.05, 0.1) is 4.90 Å². The van der Waals surface area contributed by atoms with Crippen LogP contribution >= 0.6 is 0 Å². The molecular formula is C15H16FNO2S. The summed E-state index contributed by atoms with van der Waals surface area (Å²) in [5.74, 6) is -0.459. The van der Waals surface area contributed by atoms with E-state index in [1.165, 1.54) is 12.1 Å². The van der Waals surface area contributed by atoms with Gasteiger partial charge in [-0.25, -0.2) is 17.5 Å². The molecule has 0 saturated carbocycles. The van der Waals surface area contributed by atoms with Crippen LogP contribution in [0.2, 0.25) is 0 Å². The Balaban J connectivity index is 2.24. The summed E-state index contributed by atoms with van der Waals surface area (Å²) in [6, 6.07) is 13.9. The molecule has 0 aliphatic rings. The van der Waals surface area contributed by atoms with Gasteiger partial charge in [0.15, 0.2) is 0 Å². The van der Waals surface area contributed by atoms with Crippen LogP contribution in [0, 0.1) is 5.82 Å². The average Bonchev–Trinajstić information content (AvgIpc) is 2.46. The monoisotopic (exact) mass is 293 g/mol. The van der Waals surface area contributed by atoms with Crippen molar-refractivity contribution in [3.63, 3.8) is 0 Å². The van der Waals surface area contributed by atoms with E-state index in [0.717, 1.165) is 17.7 Å². The highest BCUT2D eigenvalue weighted by Crippen LogP contribution is 2.20. The van der Waals surface area contributed by atoms with Crippen molar-refractivity contribution in [3.8, 4) is 0 Å². The number of rotatable bonds is 5. The molecule has 0 aliphatic carbocycles. The maximum atomic E-state index is 12.9. The molecule has 106 valence electrons. The van der Waals surface area contributed by atoms with E-state index in [-0.39, 0.29) is 10.9 Å². The SMILES string of the molecule is CC[C@H](NS(=O)(=O)c1ccc(F)cc1)c1ccccc1. The van der Waals surface area contributed by atoms with Gasteiger partial charge in [-0.2, -0.15) is 0 Å². The molecule has 0 amide bonds. The topological polar surface area (TPSA) is 46.2 Å². The zero-order valence-electron chi connectivity index (χ0n) is 11.1. The van der Waals surface area contributed by atoms with Gasteiger partial charge < -0.3 is 0 Å². The van der Waals surface area contributed by atoms with Crippen molar-refractivity contribution >= 4 is 10.0 Å². The number of hydrogen-bond donors (Lipinski definition) is 1. The molecule has 1 N–H and O–H groups in total. The van der Waals surface area contributed by atoms with E-state index in [1.807, 2.05) is 37.3 Å². The molecule has 1 atom stereocenters. The van der Waals surface area contributed by atoms with E-state index in [2.05, 4.69) is 4.72 Å². The van der Waals surface area contributed by atoms with Crippen molar-refractivity contribution in [2.24, 2.45) is 0 Å². The maximum absolute atomic E-state index is 12.9. The molecule has 2 rings (SSSR count). The van der Waals surface area contributed by atoms with Crippen molar-refractivity contribution < 1.29 is 12.8 Å². The van der Waals surface area contributed by atoms with Gasteiger partial charge >= 0.3 is 0 Å². The van der Waals surface area contributed by atoms with E-state index in [9.17, 15) is 12.8 Å². The zero-order valence-corrected chi connectivity index (χ0v) is 11.9. The smallest absolute Gasteiger partial charge is 0.207 e. The highest BCUT2D eigenvalue weighted by molar-refractivity contribution is 7.89. The summed E-state index contributed by atoms with van der Waals surface area (Å²) in [5.41, 5.74) is 0.903. The lowest BCUT2D eigenvalue weighted by atomic mass is 10.1. The van der Waals surface area contributed by atoms with Crippen LogP contribution in [0.3, 0.4) is 0 Å². The summed E-state index contributed by atoms with van der Waals surface area (Å²) in [6.07, 6.45) is 0.629. The number of hydrogen-bond acceptors (Lipinski definition) is 2. The molecule has 0 aromatic heterocycles. The Morgan fingerprint density at radius 3 is 2.20 bits per heavy atom. The van der Waals surface area contributed by atoms with Crippen molar-refractivity contribution in [1.82, 2.24) is 4.72 Å². The van der Waals surface area contributed by atoms with Crippen LogP contribution < -0.4 is 4.72 Å². The fraction of sp³-hybridized carbons (Fsp3) is 0.200. The first-order chi connectivity index (χ1) is 9.53. The van der Waals surface area contributed by atoms with Gasteiger partial charge in [0.2, 0.25) is 10.0 Å². The molecule has 0 aliphatic heterocycles. The largest absolute Gasteiger partial charge is 0.241 e. The summed E-state index contributed by atoms with van der Waals surface area (Å²) in [5, 5.41) is 0. The minimum absolute atomic E-state index is 0.0632. The van der Waals surface area contributed by atoms with Crippen LogP contribution in [0.4, 0.5) is 4.39 Å². The van der Waals surface area contributed by atoms with Gasteiger partial charge in [0, 0.05) is 6.04 Å². The highest BCUT2D eigenvalue weighted by atomic mass is 32.2. The third-order valence-corrected chi connectivity index (χ3v) is 4.52. The first-order valence-electron chi connectivity index (χ1n) is 6.36. The molecule has 0 fully saturated rings. The fourth-order valence-corrected chi connectivity index (χ4v) is 3.25. The second kappa shape index (κ2) is 6.15. The Morgan fingerprint density at radius 1 is 1.05 bits per heavy atom. The van der Waals surface area contributed by atoms with Gasteiger partial charge in [0.25, 0.3) is 0 Å². The summed E-state index contributed by atoms with van der Waals surface area (Å²) >= 11 is 0. The van der Waals surface area contributed by atoms with Crippen LogP contribution in [0.25, 0.3) is 0 Å².